The molecule has 1 saturated heterocycles. The number of rotatable bonds is 4. The van der Waals surface area contributed by atoms with Crippen LogP contribution in [0.25, 0.3) is 11.3 Å². The summed E-state index contributed by atoms with van der Waals surface area (Å²) in [5.41, 5.74) is 1.41. The van der Waals surface area contributed by atoms with Gasteiger partial charge in [0.2, 0.25) is 0 Å². The van der Waals surface area contributed by atoms with Gasteiger partial charge in [0.05, 0.1) is 18.9 Å². The van der Waals surface area contributed by atoms with Crippen molar-refractivity contribution in [1.29, 1.82) is 0 Å². The molecule has 110 valence electrons. The lowest BCUT2D eigenvalue weighted by Crippen LogP contribution is -2.26. The monoisotopic (exact) mass is 288 g/mol. The maximum Gasteiger partial charge on any atom is 0.353 e. The summed E-state index contributed by atoms with van der Waals surface area (Å²) in [5, 5.41) is 15.5. The molecule has 0 atom stereocenters. The molecule has 21 heavy (non-hydrogen) atoms. The van der Waals surface area contributed by atoms with E-state index in [2.05, 4.69) is 10.2 Å². The summed E-state index contributed by atoms with van der Waals surface area (Å²) in [6.45, 7) is 1.41. The van der Waals surface area contributed by atoms with E-state index < -0.39 is 5.97 Å². The van der Waals surface area contributed by atoms with E-state index in [4.69, 9.17) is 14.6 Å². The molecule has 1 fully saturated rings. The van der Waals surface area contributed by atoms with Crippen molar-refractivity contribution in [3.8, 4) is 17.0 Å². The lowest BCUT2D eigenvalue weighted by Gasteiger charge is -2.24. The van der Waals surface area contributed by atoms with Crippen LogP contribution >= 0.6 is 0 Å². The van der Waals surface area contributed by atoms with E-state index in [1.807, 2.05) is 24.3 Å². The van der Waals surface area contributed by atoms with E-state index in [1.54, 1.807) is 0 Å². The predicted octanol–water partition coefficient (Wildman–Crippen LogP) is 2.33. The number of carbonyl (C=O) groups is 1. The maximum absolute atomic E-state index is 10.9. The molecule has 0 saturated carbocycles. The molecule has 3 rings (SSSR count). The number of para-hydroxylation sites is 1. The molecule has 1 aromatic heterocycles. The highest BCUT2D eigenvalue weighted by Gasteiger charge is 2.18. The number of carboxylic acids is 1. The van der Waals surface area contributed by atoms with Crippen molar-refractivity contribution in [2.75, 3.05) is 13.2 Å². The molecule has 0 unspecified atom stereocenters. The zero-order chi connectivity index (χ0) is 14.7. The summed E-state index contributed by atoms with van der Waals surface area (Å²) >= 11 is 0. The Labute approximate surface area is 121 Å². The van der Waals surface area contributed by atoms with E-state index in [0.717, 1.165) is 18.4 Å². The van der Waals surface area contributed by atoms with Crippen LogP contribution < -0.4 is 4.74 Å². The fourth-order valence-electron chi connectivity index (χ4n) is 2.32. The fraction of sp³-hybridized carbons (Fsp3) is 0.333. The number of carboxylic acid groups (broad SMARTS) is 1. The summed E-state index contributed by atoms with van der Waals surface area (Å²) < 4.78 is 11.3. The summed E-state index contributed by atoms with van der Waals surface area (Å²) in [7, 11) is 0. The van der Waals surface area contributed by atoms with Crippen LogP contribution in [-0.4, -0.2) is 40.6 Å². The molecule has 6 nitrogen and oxygen atoms in total. The highest BCUT2D eigenvalue weighted by atomic mass is 16.5. The SMILES string of the molecule is O=C(O)c1cc(-c2ccccc2OC2CCOCC2)n[nH]1. The second-order valence-electron chi connectivity index (χ2n) is 4.90. The van der Waals surface area contributed by atoms with E-state index in [0.29, 0.717) is 24.7 Å². The molecule has 0 spiro atoms. The molecule has 2 aromatic rings. The Hall–Kier alpha value is -2.34. The number of H-pyrrole nitrogens is 1. The summed E-state index contributed by atoms with van der Waals surface area (Å²) in [5.74, 6) is -0.315. The fourth-order valence-corrected chi connectivity index (χ4v) is 2.32. The number of aromatic nitrogens is 2. The molecule has 1 aliphatic rings. The Morgan fingerprint density at radius 3 is 2.81 bits per heavy atom. The molecule has 1 aliphatic heterocycles. The third-order valence-electron chi connectivity index (χ3n) is 3.43. The van der Waals surface area contributed by atoms with Gasteiger partial charge < -0.3 is 14.6 Å². The zero-order valence-corrected chi connectivity index (χ0v) is 11.4. The first kappa shape index (κ1) is 13.6. The van der Waals surface area contributed by atoms with Gasteiger partial charge in [-0.25, -0.2) is 4.79 Å². The number of aromatic carboxylic acids is 1. The number of benzene rings is 1. The molecule has 6 heteroatoms. The van der Waals surface area contributed by atoms with Gasteiger partial charge in [0, 0.05) is 18.4 Å². The molecule has 0 radical (unpaired) electrons. The number of aromatic amines is 1. The van der Waals surface area contributed by atoms with Crippen LogP contribution in [-0.2, 0) is 4.74 Å². The van der Waals surface area contributed by atoms with Gasteiger partial charge >= 0.3 is 5.97 Å². The molecule has 1 aromatic carbocycles. The smallest absolute Gasteiger partial charge is 0.353 e. The Bertz CT molecular complexity index is 632. The molecule has 0 bridgehead atoms. The van der Waals surface area contributed by atoms with E-state index >= 15 is 0 Å². The number of nitrogens with zero attached hydrogens (tertiary/aromatic N) is 1. The minimum absolute atomic E-state index is 0.0610. The minimum Gasteiger partial charge on any atom is -0.490 e. The largest absolute Gasteiger partial charge is 0.490 e. The van der Waals surface area contributed by atoms with Crippen molar-refractivity contribution < 1.29 is 19.4 Å². The van der Waals surface area contributed by atoms with Crippen molar-refractivity contribution in [2.45, 2.75) is 18.9 Å². The minimum atomic E-state index is -1.03. The van der Waals surface area contributed by atoms with Crippen LogP contribution in [0.3, 0.4) is 0 Å². The van der Waals surface area contributed by atoms with Crippen LogP contribution in [0.2, 0.25) is 0 Å². The number of hydrogen-bond acceptors (Lipinski definition) is 4. The number of ether oxygens (including phenoxy) is 2. The highest BCUT2D eigenvalue weighted by molar-refractivity contribution is 5.87. The zero-order valence-electron chi connectivity index (χ0n) is 11.4. The quantitative estimate of drug-likeness (QED) is 0.902. The van der Waals surface area contributed by atoms with Gasteiger partial charge in [0.25, 0.3) is 0 Å². The Balaban J connectivity index is 1.85. The lowest BCUT2D eigenvalue weighted by atomic mass is 10.1. The highest BCUT2D eigenvalue weighted by Crippen LogP contribution is 2.30. The molecule has 0 aliphatic carbocycles. The van der Waals surface area contributed by atoms with Crippen molar-refractivity contribution in [1.82, 2.24) is 10.2 Å². The Morgan fingerprint density at radius 2 is 2.10 bits per heavy atom. The standard InChI is InChI=1S/C15H16N2O4/c18-15(19)13-9-12(16-17-13)11-3-1-2-4-14(11)21-10-5-7-20-8-6-10/h1-4,9-10H,5-8H2,(H,16,17)(H,18,19). The number of nitrogens with one attached hydrogen (secondary N) is 1. The first-order valence-corrected chi connectivity index (χ1v) is 6.86. The first-order valence-electron chi connectivity index (χ1n) is 6.86. The van der Waals surface area contributed by atoms with Gasteiger partial charge in [-0.05, 0) is 18.2 Å². The van der Waals surface area contributed by atoms with Crippen LogP contribution in [0.5, 0.6) is 5.75 Å². The molecular formula is C15H16N2O4. The van der Waals surface area contributed by atoms with E-state index in [1.165, 1.54) is 6.07 Å². The van der Waals surface area contributed by atoms with Crippen molar-refractivity contribution in [3.05, 3.63) is 36.0 Å². The van der Waals surface area contributed by atoms with Crippen LogP contribution in [0.4, 0.5) is 0 Å². The van der Waals surface area contributed by atoms with Crippen LogP contribution in [0.15, 0.2) is 30.3 Å². The second kappa shape index (κ2) is 5.97. The second-order valence-corrected chi connectivity index (χ2v) is 4.90. The van der Waals surface area contributed by atoms with Gasteiger partial charge in [-0.15, -0.1) is 0 Å². The Morgan fingerprint density at radius 1 is 1.33 bits per heavy atom. The third kappa shape index (κ3) is 3.05. The van der Waals surface area contributed by atoms with Gasteiger partial charge in [-0.3, -0.25) is 5.10 Å². The summed E-state index contributed by atoms with van der Waals surface area (Å²) in [6.07, 6.45) is 1.84. The average molecular weight is 288 g/mol. The van der Waals surface area contributed by atoms with Crippen molar-refractivity contribution >= 4 is 5.97 Å². The maximum atomic E-state index is 10.9. The average Bonchev–Trinajstić information content (AvgIpc) is 2.99. The van der Waals surface area contributed by atoms with E-state index in [-0.39, 0.29) is 11.8 Å². The topological polar surface area (TPSA) is 84.4 Å². The van der Waals surface area contributed by atoms with Crippen molar-refractivity contribution in [3.63, 3.8) is 0 Å². The van der Waals surface area contributed by atoms with Crippen molar-refractivity contribution in [2.24, 2.45) is 0 Å². The predicted molar refractivity (Wildman–Crippen MR) is 75.5 cm³/mol. The first-order chi connectivity index (χ1) is 10.2. The Kier molecular flexibility index (Phi) is 3.87. The molecule has 0 amide bonds. The van der Waals surface area contributed by atoms with Crippen LogP contribution in [0.1, 0.15) is 23.3 Å². The lowest BCUT2D eigenvalue weighted by molar-refractivity contribution is 0.0258. The molecule has 2 heterocycles. The van der Waals surface area contributed by atoms with Gasteiger partial charge in [-0.1, -0.05) is 12.1 Å². The van der Waals surface area contributed by atoms with E-state index in [9.17, 15) is 4.79 Å². The normalized spacial score (nSPS) is 15.8. The summed E-state index contributed by atoms with van der Waals surface area (Å²) in [4.78, 5) is 10.9. The van der Waals surface area contributed by atoms with Gasteiger partial charge in [-0.2, -0.15) is 5.10 Å². The molecular weight excluding hydrogens is 272 g/mol. The van der Waals surface area contributed by atoms with Crippen LogP contribution in [0, 0.1) is 0 Å². The molecule has 2 N–H and O–H groups in total. The third-order valence-corrected chi connectivity index (χ3v) is 3.43. The van der Waals surface area contributed by atoms with Gasteiger partial charge in [0.1, 0.15) is 17.5 Å². The summed E-state index contributed by atoms with van der Waals surface area (Å²) in [6, 6.07) is 9.02. The van der Waals surface area contributed by atoms with Gasteiger partial charge in [0.15, 0.2) is 0 Å². The number of hydrogen-bond donors (Lipinski definition) is 2.